The molecule has 0 aromatic heterocycles. The van der Waals surface area contributed by atoms with E-state index >= 15 is 0 Å². The van der Waals surface area contributed by atoms with E-state index in [4.69, 9.17) is 5.73 Å². The molecule has 0 radical (unpaired) electrons. The lowest BCUT2D eigenvalue weighted by molar-refractivity contribution is -0.138. The van der Waals surface area contributed by atoms with E-state index in [1.165, 1.54) is 12.8 Å². The fourth-order valence-electron chi connectivity index (χ4n) is 3.29. The van der Waals surface area contributed by atoms with Crippen molar-refractivity contribution in [2.45, 2.75) is 58.4 Å². The first-order valence-electron chi connectivity index (χ1n) is 7.08. The lowest BCUT2D eigenvalue weighted by atomic mass is 9.79. The third-order valence-electron chi connectivity index (χ3n) is 4.77. The maximum Gasteiger partial charge on any atom is 0.225 e. The smallest absolute Gasteiger partial charge is 0.225 e. The average molecular weight is 238 g/mol. The second kappa shape index (κ2) is 4.97. The molecule has 0 aromatic rings. The number of hydrogen-bond donors (Lipinski definition) is 1. The van der Waals surface area contributed by atoms with Gasteiger partial charge in [0.25, 0.3) is 0 Å². The second-order valence-corrected chi connectivity index (χ2v) is 6.30. The zero-order valence-electron chi connectivity index (χ0n) is 11.2. The van der Waals surface area contributed by atoms with E-state index in [0.717, 1.165) is 38.8 Å². The highest BCUT2D eigenvalue weighted by atomic mass is 16.2. The Hall–Kier alpha value is -0.570. The van der Waals surface area contributed by atoms with Crippen LogP contribution in [0.1, 0.15) is 52.4 Å². The van der Waals surface area contributed by atoms with Gasteiger partial charge in [0.05, 0.1) is 0 Å². The highest BCUT2D eigenvalue weighted by molar-refractivity contribution is 5.79. The molecule has 0 spiro atoms. The number of nitrogens with zero attached hydrogens (tertiary/aromatic N) is 1. The van der Waals surface area contributed by atoms with Crippen molar-refractivity contribution < 1.29 is 4.79 Å². The van der Waals surface area contributed by atoms with Crippen LogP contribution in [0.15, 0.2) is 0 Å². The molecular formula is C14H26N2O. The van der Waals surface area contributed by atoms with E-state index in [-0.39, 0.29) is 12.0 Å². The van der Waals surface area contributed by atoms with Gasteiger partial charge in [0.15, 0.2) is 0 Å². The van der Waals surface area contributed by atoms with Crippen molar-refractivity contribution in [1.29, 1.82) is 0 Å². The Morgan fingerprint density at radius 1 is 1.47 bits per heavy atom. The van der Waals surface area contributed by atoms with E-state index in [9.17, 15) is 4.79 Å². The molecule has 98 valence electrons. The van der Waals surface area contributed by atoms with Crippen LogP contribution in [0.4, 0.5) is 0 Å². The quantitative estimate of drug-likeness (QED) is 0.801. The summed E-state index contributed by atoms with van der Waals surface area (Å²) in [5.41, 5.74) is 6.24. The van der Waals surface area contributed by atoms with Crippen LogP contribution < -0.4 is 5.73 Å². The predicted octanol–water partition coefficient (Wildman–Crippen LogP) is 2.15. The molecule has 3 atom stereocenters. The predicted molar refractivity (Wildman–Crippen MR) is 69.5 cm³/mol. The van der Waals surface area contributed by atoms with Gasteiger partial charge in [-0.05, 0) is 43.9 Å². The highest BCUT2D eigenvalue weighted by Crippen LogP contribution is 2.34. The molecule has 1 aliphatic carbocycles. The minimum Gasteiger partial charge on any atom is -0.342 e. The maximum absolute atomic E-state index is 12.4. The van der Waals surface area contributed by atoms with Crippen LogP contribution >= 0.6 is 0 Å². The van der Waals surface area contributed by atoms with Gasteiger partial charge in [-0.3, -0.25) is 4.79 Å². The highest BCUT2D eigenvalue weighted by Gasteiger charge is 2.36. The Morgan fingerprint density at radius 2 is 2.24 bits per heavy atom. The first-order valence-corrected chi connectivity index (χ1v) is 7.08. The van der Waals surface area contributed by atoms with Gasteiger partial charge in [-0.2, -0.15) is 0 Å². The summed E-state index contributed by atoms with van der Waals surface area (Å²) in [4.78, 5) is 14.5. The van der Waals surface area contributed by atoms with Crippen LogP contribution in [-0.4, -0.2) is 29.9 Å². The summed E-state index contributed by atoms with van der Waals surface area (Å²) < 4.78 is 0. The second-order valence-electron chi connectivity index (χ2n) is 6.30. The topological polar surface area (TPSA) is 46.3 Å². The number of amides is 1. The van der Waals surface area contributed by atoms with Gasteiger partial charge in [0, 0.05) is 25.0 Å². The van der Waals surface area contributed by atoms with Gasteiger partial charge >= 0.3 is 0 Å². The fraction of sp³-hybridized carbons (Fsp3) is 0.929. The third kappa shape index (κ3) is 2.82. The number of piperidine rings is 1. The molecule has 1 aliphatic heterocycles. The van der Waals surface area contributed by atoms with E-state index < -0.39 is 0 Å². The Morgan fingerprint density at radius 3 is 2.82 bits per heavy atom. The molecule has 3 heteroatoms. The van der Waals surface area contributed by atoms with Crippen LogP contribution in [0.3, 0.4) is 0 Å². The van der Waals surface area contributed by atoms with E-state index in [1.54, 1.807) is 0 Å². The molecule has 0 aromatic carbocycles. The number of carbonyl (C=O) groups excluding carboxylic acids is 1. The SMILES string of the molecule is CCC1(C)CCCN(C(=O)C2CCC(N)C2)C1. The Bertz CT molecular complexity index is 292. The van der Waals surface area contributed by atoms with E-state index in [2.05, 4.69) is 18.7 Å². The third-order valence-corrected chi connectivity index (χ3v) is 4.77. The minimum atomic E-state index is 0.212. The standard InChI is InChI=1S/C14H26N2O/c1-3-14(2)7-4-8-16(10-14)13(17)11-5-6-12(15)9-11/h11-12H,3-10,15H2,1-2H3. The van der Waals surface area contributed by atoms with Crippen LogP contribution in [0.5, 0.6) is 0 Å². The molecule has 0 bridgehead atoms. The Labute approximate surface area is 105 Å². The average Bonchev–Trinajstić information content (AvgIpc) is 2.75. The van der Waals surface area contributed by atoms with Crippen LogP contribution in [0.2, 0.25) is 0 Å². The number of hydrogen-bond acceptors (Lipinski definition) is 2. The summed E-state index contributed by atoms with van der Waals surface area (Å²) in [6.07, 6.45) is 6.51. The zero-order valence-corrected chi connectivity index (χ0v) is 11.2. The van der Waals surface area contributed by atoms with Crippen molar-refractivity contribution in [3.63, 3.8) is 0 Å². The van der Waals surface area contributed by atoms with Crippen LogP contribution in [0.25, 0.3) is 0 Å². The molecule has 2 rings (SSSR count). The molecule has 1 amide bonds. The van der Waals surface area contributed by atoms with Crippen LogP contribution in [-0.2, 0) is 4.79 Å². The molecular weight excluding hydrogens is 212 g/mol. The normalized spacial score (nSPS) is 38.4. The molecule has 2 N–H and O–H groups in total. The number of nitrogens with two attached hydrogens (primary N) is 1. The molecule has 3 nitrogen and oxygen atoms in total. The lowest BCUT2D eigenvalue weighted by Gasteiger charge is -2.41. The molecule has 1 heterocycles. The summed E-state index contributed by atoms with van der Waals surface area (Å²) in [6, 6.07) is 0.256. The molecule has 17 heavy (non-hydrogen) atoms. The number of likely N-dealkylation sites (tertiary alicyclic amines) is 1. The number of carbonyl (C=O) groups is 1. The largest absolute Gasteiger partial charge is 0.342 e. The zero-order chi connectivity index (χ0) is 12.5. The van der Waals surface area contributed by atoms with Crippen molar-refractivity contribution in [2.24, 2.45) is 17.1 Å². The summed E-state index contributed by atoms with van der Waals surface area (Å²) in [5, 5.41) is 0. The first-order chi connectivity index (χ1) is 8.04. The van der Waals surface area contributed by atoms with E-state index in [0.29, 0.717) is 11.3 Å². The Balaban J connectivity index is 1.95. The number of rotatable bonds is 2. The van der Waals surface area contributed by atoms with Crippen molar-refractivity contribution in [2.75, 3.05) is 13.1 Å². The monoisotopic (exact) mass is 238 g/mol. The van der Waals surface area contributed by atoms with Crippen molar-refractivity contribution in [3.05, 3.63) is 0 Å². The van der Waals surface area contributed by atoms with Crippen molar-refractivity contribution >= 4 is 5.91 Å². The minimum absolute atomic E-state index is 0.212. The van der Waals surface area contributed by atoms with Gasteiger partial charge in [-0.1, -0.05) is 13.8 Å². The summed E-state index contributed by atoms with van der Waals surface area (Å²) in [5.74, 6) is 0.585. The van der Waals surface area contributed by atoms with Crippen molar-refractivity contribution in [3.8, 4) is 0 Å². The first kappa shape index (κ1) is 12.9. The van der Waals surface area contributed by atoms with Crippen LogP contribution in [0, 0.1) is 11.3 Å². The van der Waals surface area contributed by atoms with Gasteiger partial charge in [-0.15, -0.1) is 0 Å². The van der Waals surface area contributed by atoms with Gasteiger partial charge in [-0.25, -0.2) is 0 Å². The summed E-state index contributed by atoms with van der Waals surface area (Å²) in [6.45, 7) is 6.46. The van der Waals surface area contributed by atoms with Crippen molar-refractivity contribution in [1.82, 2.24) is 4.90 Å². The summed E-state index contributed by atoms with van der Waals surface area (Å²) in [7, 11) is 0. The molecule has 1 saturated heterocycles. The maximum atomic E-state index is 12.4. The van der Waals surface area contributed by atoms with Gasteiger partial charge in [0.1, 0.15) is 0 Å². The Kier molecular flexibility index (Phi) is 3.76. The molecule has 3 unspecified atom stereocenters. The fourth-order valence-corrected chi connectivity index (χ4v) is 3.29. The van der Waals surface area contributed by atoms with E-state index in [1.807, 2.05) is 0 Å². The molecule has 1 saturated carbocycles. The van der Waals surface area contributed by atoms with Gasteiger partial charge < -0.3 is 10.6 Å². The summed E-state index contributed by atoms with van der Waals surface area (Å²) >= 11 is 0. The molecule has 2 aliphatic rings. The van der Waals surface area contributed by atoms with Gasteiger partial charge in [0.2, 0.25) is 5.91 Å². The lowest BCUT2D eigenvalue weighted by Crippen LogP contribution is -2.46. The molecule has 2 fully saturated rings.